The second-order valence-corrected chi connectivity index (χ2v) is 24.4. The first kappa shape index (κ1) is 55.9. The normalized spacial score (nSPS) is 11.5. The summed E-state index contributed by atoms with van der Waals surface area (Å²) in [6.45, 7) is 0. The summed E-state index contributed by atoms with van der Waals surface area (Å²) in [5.41, 5.74) is 22.4. The maximum atomic E-state index is 5.55. The molecule has 18 rings (SSSR count). The predicted molar refractivity (Wildman–Crippen MR) is 398 cm³/mol. The van der Waals surface area contributed by atoms with Crippen molar-refractivity contribution in [3.8, 4) is 123 Å². The van der Waals surface area contributed by atoms with Gasteiger partial charge in [-0.05, 0) is 112 Å². The van der Waals surface area contributed by atoms with Gasteiger partial charge in [0.1, 0.15) is 0 Å². The minimum atomic E-state index is 0.635. The molecule has 6 heteroatoms. The van der Waals surface area contributed by atoms with E-state index in [0.717, 1.165) is 133 Å². The molecule has 0 saturated heterocycles. The molecule has 0 unspecified atom stereocenters. The molecule has 4 aromatic heterocycles. The van der Waals surface area contributed by atoms with Crippen LogP contribution in [0.25, 0.3) is 188 Å². The average Bonchev–Trinajstić information content (AvgIpc) is 0.742. The summed E-state index contributed by atoms with van der Waals surface area (Å²) < 4.78 is 0. The zero-order valence-corrected chi connectivity index (χ0v) is 52.0. The highest BCUT2D eigenvalue weighted by molar-refractivity contribution is 6.22. The van der Waals surface area contributed by atoms with Crippen LogP contribution in [0.4, 0.5) is 0 Å². The lowest BCUT2D eigenvalue weighted by molar-refractivity contribution is 1.19. The zero-order valence-electron chi connectivity index (χ0n) is 52.0. The molecule has 0 spiro atoms. The van der Waals surface area contributed by atoms with Crippen LogP contribution in [0.15, 0.2) is 340 Å². The van der Waals surface area contributed by atoms with Crippen LogP contribution in [-0.2, 0) is 0 Å². The Kier molecular flexibility index (Phi) is 13.8. The van der Waals surface area contributed by atoms with Crippen molar-refractivity contribution in [2.45, 2.75) is 0 Å². The fourth-order valence-corrected chi connectivity index (χ4v) is 14.3. The van der Waals surface area contributed by atoms with Gasteiger partial charge in [-0.15, -0.1) is 0 Å². The van der Waals surface area contributed by atoms with Gasteiger partial charge in [0.15, 0.2) is 11.6 Å². The highest BCUT2D eigenvalue weighted by Crippen LogP contribution is 2.47. The van der Waals surface area contributed by atoms with Crippen LogP contribution in [0.5, 0.6) is 0 Å². The number of benzene rings is 14. The van der Waals surface area contributed by atoms with E-state index in [0.29, 0.717) is 11.6 Å². The Morgan fingerprint density at radius 3 is 0.812 bits per heavy atom. The third-order valence-electron chi connectivity index (χ3n) is 18.8. The fraction of sp³-hybridized carbons (Fsp3) is 0. The van der Waals surface area contributed by atoms with Crippen molar-refractivity contribution in [3.05, 3.63) is 340 Å². The van der Waals surface area contributed by atoms with Crippen molar-refractivity contribution in [3.63, 3.8) is 0 Å². The topological polar surface area (TPSA) is 77.3 Å². The average molecular weight is 1220 g/mol. The molecule has 4 heterocycles. The quantitative estimate of drug-likeness (QED) is 0.120. The molecule has 14 aromatic carbocycles. The molecule has 0 aliphatic heterocycles. The lowest BCUT2D eigenvalue weighted by atomic mass is 9.87. The van der Waals surface area contributed by atoms with Crippen molar-refractivity contribution in [2.75, 3.05) is 0 Å². The van der Waals surface area contributed by atoms with Gasteiger partial charge >= 0.3 is 0 Å². The van der Waals surface area contributed by atoms with E-state index < -0.39 is 0 Å². The van der Waals surface area contributed by atoms with Gasteiger partial charge in [0.05, 0.1) is 33.8 Å². The van der Waals surface area contributed by atoms with E-state index in [9.17, 15) is 0 Å². The molecule has 0 atom stereocenters. The van der Waals surface area contributed by atoms with Crippen molar-refractivity contribution in [2.24, 2.45) is 0 Å². The van der Waals surface area contributed by atoms with Crippen molar-refractivity contribution in [1.29, 1.82) is 0 Å². The molecule has 0 saturated carbocycles. The Morgan fingerprint density at radius 2 is 0.458 bits per heavy atom. The second kappa shape index (κ2) is 23.7. The van der Waals surface area contributed by atoms with Gasteiger partial charge < -0.3 is 0 Å². The first-order valence-corrected chi connectivity index (χ1v) is 32.5. The zero-order chi connectivity index (χ0) is 63.5. The molecule has 6 nitrogen and oxygen atoms in total. The number of para-hydroxylation sites is 2. The Balaban J connectivity index is 0.742. The minimum absolute atomic E-state index is 0.635. The van der Waals surface area contributed by atoms with Crippen LogP contribution in [0, 0.1) is 0 Å². The van der Waals surface area contributed by atoms with Gasteiger partial charge in [0, 0.05) is 67.7 Å². The minimum Gasteiger partial charge on any atom is -0.256 e. The van der Waals surface area contributed by atoms with E-state index in [2.05, 4.69) is 315 Å². The molecule has 0 bridgehead atoms. The second-order valence-electron chi connectivity index (χ2n) is 24.4. The van der Waals surface area contributed by atoms with E-state index in [4.69, 9.17) is 29.9 Å². The molecule has 0 radical (unpaired) electrons. The van der Waals surface area contributed by atoms with Gasteiger partial charge in [-0.1, -0.05) is 303 Å². The summed E-state index contributed by atoms with van der Waals surface area (Å²) in [6.07, 6.45) is 3.72. The van der Waals surface area contributed by atoms with Crippen LogP contribution < -0.4 is 0 Å². The molecule has 96 heavy (non-hydrogen) atoms. The van der Waals surface area contributed by atoms with E-state index in [1.54, 1.807) is 0 Å². The maximum Gasteiger partial charge on any atom is 0.160 e. The van der Waals surface area contributed by atoms with Gasteiger partial charge in [-0.3, -0.25) is 9.97 Å². The monoisotopic (exact) mass is 1220 g/mol. The smallest absolute Gasteiger partial charge is 0.160 e. The molecule has 0 N–H and O–H groups in total. The SMILES string of the molecule is c1ccc(-c2c3ccccc3c(-c3cc(-c4ccc(-c5cccc6cccnc56)cc4)nc(-c4ccc(-c5ccc(-c6nc(-c7ccc(-c8cccc9cccnc89)cc7)cc(-c7c8ccccc8c(-c8ccccc8)c8ccccc78)n6)cc5)cc4)n3)c3ccccc23)cc1. The Hall–Kier alpha value is -12.9. The van der Waals surface area contributed by atoms with E-state index in [1.165, 1.54) is 43.8 Å². The van der Waals surface area contributed by atoms with Gasteiger partial charge in [0.25, 0.3) is 0 Å². The number of rotatable bonds is 11. The van der Waals surface area contributed by atoms with Crippen molar-refractivity contribution in [1.82, 2.24) is 29.9 Å². The Morgan fingerprint density at radius 1 is 0.177 bits per heavy atom. The third-order valence-corrected chi connectivity index (χ3v) is 18.8. The maximum absolute atomic E-state index is 5.55. The highest BCUT2D eigenvalue weighted by Gasteiger charge is 2.23. The molecular weight excluding hydrogens is 1170 g/mol. The molecule has 0 aliphatic carbocycles. The van der Waals surface area contributed by atoms with E-state index >= 15 is 0 Å². The van der Waals surface area contributed by atoms with Gasteiger partial charge in [-0.25, -0.2) is 19.9 Å². The van der Waals surface area contributed by atoms with E-state index in [-0.39, 0.29) is 0 Å². The summed E-state index contributed by atoms with van der Waals surface area (Å²) in [6, 6.07) is 116. The summed E-state index contributed by atoms with van der Waals surface area (Å²) in [5.74, 6) is 1.27. The van der Waals surface area contributed by atoms with Gasteiger partial charge in [-0.2, -0.15) is 0 Å². The van der Waals surface area contributed by atoms with E-state index in [1.807, 2.05) is 24.5 Å². The molecule has 0 aliphatic rings. The molecule has 0 fully saturated rings. The van der Waals surface area contributed by atoms with Crippen LogP contribution in [0.3, 0.4) is 0 Å². The largest absolute Gasteiger partial charge is 0.256 e. The predicted octanol–water partition coefficient (Wildman–Crippen LogP) is 23.3. The number of fused-ring (bicyclic) bond motifs is 6. The number of hydrogen-bond donors (Lipinski definition) is 0. The van der Waals surface area contributed by atoms with Gasteiger partial charge in [0.2, 0.25) is 0 Å². The number of hydrogen-bond acceptors (Lipinski definition) is 6. The highest BCUT2D eigenvalue weighted by atomic mass is 14.9. The third kappa shape index (κ3) is 9.91. The summed E-state index contributed by atoms with van der Waals surface area (Å²) in [5, 5.41) is 11.4. The molecular formula is C90H56N6. The molecule has 446 valence electrons. The van der Waals surface area contributed by atoms with Crippen LogP contribution >= 0.6 is 0 Å². The molecule has 18 aromatic rings. The number of nitrogens with zero attached hydrogens (tertiary/aromatic N) is 6. The van der Waals surface area contributed by atoms with Crippen molar-refractivity contribution >= 4 is 64.9 Å². The van der Waals surface area contributed by atoms with Crippen LogP contribution in [0.1, 0.15) is 0 Å². The standard InChI is InChI=1S/C90H56N6/c1-3-19-63(20-4-1)83-71-27-7-11-31-75(71)85(76-32-12-8-28-72(76)83)81-55-79(61-45-41-59(42-46-61)69-35-15-23-65-25-17-53-91-87(65)69)93-89(95-81)67-49-37-57(38-50-67)58-39-51-68(52-40-58)90-94-80(62-47-43-60(44-48-62)70-36-16-24-66-26-18-54-92-88(66)70)56-82(96-90)86-77-33-13-9-29-73(77)84(64-21-5-2-6-22-64)74-30-10-14-34-78(74)86/h1-56H. The summed E-state index contributed by atoms with van der Waals surface area (Å²) in [4.78, 5) is 31.5. The lowest BCUT2D eigenvalue weighted by Gasteiger charge is -2.18. The van der Waals surface area contributed by atoms with Crippen LogP contribution in [-0.4, -0.2) is 29.9 Å². The Bertz CT molecular complexity index is 5530. The summed E-state index contributed by atoms with van der Waals surface area (Å²) in [7, 11) is 0. The molecule has 0 amide bonds. The number of aromatic nitrogens is 6. The first-order valence-electron chi connectivity index (χ1n) is 32.5. The van der Waals surface area contributed by atoms with Crippen molar-refractivity contribution < 1.29 is 0 Å². The lowest BCUT2D eigenvalue weighted by Crippen LogP contribution is -1.98. The summed E-state index contributed by atoms with van der Waals surface area (Å²) >= 11 is 0. The van der Waals surface area contributed by atoms with Crippen LogP contribution in [0.2, 0.25) is 0 Å². The number of pyridine rings is 2. The fourth-order valence-electron chi connectivity index (χ4n) is 14.3. The first-order chi connectivity index (χ1) is 47.6. The Labute approximate surface area is 554 Å².